The first-order valence-corrected chi connectivity index (χ1v) is 9.04. The first-order valence-electron chi connectivity index (χ1n) is 9.04. The van der Waals surface area contributed by atoms with Crippen LogP contribution in [-0.4, -0.2) is 40.0 Å². The molecular weight excluding hydrogens is 314 g/mol. The van der Waals surface area contributed by atoms with Crippen molar-refractivity contribution >= 4 is 17.4 Å². The summed E-state index contributed by atoms with van der Waals surface area (Å²) in [6.45, 7) is 2.08. The Morgan fingerprint density at radius 3 is 2.60 bits per heavy atom. The summed E-state index contributed by atoms with van der Waals surface area (Å²) in [5.41, 5.74) is 1.75. The Morgan fingerprint density at radius 1 is 1.20 bits per heavy atom. The summed E-state index contributed by atoms with van der Waals surface area (Å²) in [5.74, 6) is 1.71. The molecule has 1 aliphatic carbocycles. The van der Waals surface area contributed by atoms with Gasteiger partial charge in [-0.15, -0.1) is 0 Å². The van der Waals surface area contributed by atoms with Gasteiger partial charge in [-0.05, 0) is 31.4 Å². The molecule has 1 aliphatic heterocycles. The van der Waals surface area contributed by atoms with Crippen molar-refractivity contribution in [2.45, 2.75) is 51.1 Å². The number of carbonyl (C=O) groups excluding carboxylic acids is 1. The molecule has 0 bridgehead atoms. The van der Waals surface area contributed by atoms with Gasteiger partial charge in [0.15, 0.2) is 11.6 Å². The molecule has 6 heteroatoms. The van der Waals surface area contributed by atoms with Gasteiger partial charge in [0.05, 0.1) is 6.20 Å². The molecular formula is C19H23N5O. The van der Waals surface area contributed by atoms with Crippen LogP contribution in [0.5, 0.6) is 0 Å². The molecule has 0 aromatic carbocycles. The Hall–Kier alpha value is -2.50. The van der Waals surface area contributed by atoms with E-state index in [-0.39, 0.29) is 11.9 Å². The summed E-state index contributed by atoms with van der Waals surface area (Å²) >= 11 is 0. The van der Waals surface area contributed by atoms with Crippen LogP contribution in [0.2, 0.25) is 0 Å². The Bertz CT molecular complexity index is 773. The van der Waals surface area contributed by atoms with Crippen molar-refractivity contribution in [1.82, 2.24) is 15.0 Å². The predicted molar refractivity (Wildman–Crippen MR) is 97.5 cm³/mol. The lowest BCUT2D eigenvalue weighted by Gasteiger charge is -2.43. The Labute approximate surface area is 147 Å². The van der Waals surface area contributed by atoms with E-state index in [2.05, 4.69) is 21.8 Å². The molecule has 6 nitrogen and oxygen atoms in total. The van der Waals surface area contributed by atoms with E-state index in [1.165, 1.54) is 12.8 Å². The summed E-state index contributed by atoms with van der Waals surface area (Å²) in [6.07, 6.45) is 10.8. The van der Waals surface area contributed by atoms with Gasteiger partial charge in [0.2, 0.25) is 5.91 Å². The fourth-order valence-corrected chi connectivity index (χ4v) is 4.02. The topological polar surface area (TPSA) is 62.2 Å². The molecule has 2 aromatic rings. The van der Waals surface area contributed by atoms with Crippen molar-refractivity contribution in [2.75, 3.05) is 16.8 Å². The Morgan fingerprint density at radius 2 is 1.92 bits per heavy atom. The number of fused-ring (bicyclic) bond motifs is 1. The molecule has 3 heterocycles. The molecule has 1 amide bonds. The van der Waals surface area contributed by atoms with Gasteiger partial charge in [0.1, 0.15) is 11.7 Å². The van der Waals surface area contributed by atoms with Gasteiger partial charge in [-0.1, -0.05) is 19.8 Å². The number of pyridine rings is 1. The van der Waals surface area contributed by atoms with E-state index in [4.69, 9.17) is 4.98 Å². The van der Waals surface area contributed by atoms with Crippen LogP contribution in [0.1, 0.15) is 39.0 Å². The van der Waals surface area contributed by atoms with Crippen molar-refractivity contribution in [3.8, 4) is 11.4 Å². The monoisotopic (exact) mass is 337 g/mol. The zero-order chi connectivity index (χ0) is 17.4. The summed E-state index contributed by atoms with van der Waals surface area (Å²) < 4.78 is 0. The van der Waals surface area contributed by atoms with E-state index < -0.39 is 0 Å². The molecule has 2 aromatic heterocycles. The van der Waals surface area contributed by atoms with Crippen molar-refractivity contribution in [2.24, 2.45) is 0 Å². The second-order valence-corrected chi connectivity index (χ2v) is 6.81. The van der Waals surface area contributed by atoms with Gasteiger partial charge in [0.25, 0.3) is 0 Å². The molecule has 0 N–H and O–H groups in total. The summed E-state index contributed by atoms with van der Waals surface area (Å²) in [4.78, 5) is 30.3. The van der Waals surface area contributed by atoms with Gasteiger partial charge in [0, 0.05) is 31.0 Å². The summed E-state index contributed by atoms with van der Waals surface area (Å²) in [6, 6.07) is 4.08. The molecule has 1 saturated carbocycles. The SMILES string of the molecule is CCC1C(=O)N(C)c2cnc(-c3ccncc3)nc2N1C1CCCC1. The highest BCUT2D eigenvalue weighted by Crippen LogP contribution is 2.40. The van der Waals surface area contributed by atoms with Crippen LogP contribution < -0.4 is 9.80 Å². The molecule has 4 rings (SSSR count). The van der Waals surface area contributed by atoms with Crippen molar-refractivity contribution in [3.05, 3.63) is 30.7 Å². The van der Waals surface area contributed by atoms with Gasteiger partial charge < -0.3 is 9.80 Å². The van der Waals surface area contributed by atoms with E-state index in [1.807, 2.05) is 19.2 Å². The molecule has 0 saturated heterocycles. The Balaban J connectivity index is 1.84. The van der Waals surface area contributed by atoms with Crippen molar-refractivity contribution in [3.63, 3.8) is 0 Å². The number of hydrogen-bond acceptors (Lipinski definition) is 5. The van der Waals surface area contributed by atoms with Gasteiger partial charge in [-0.2, -0.15) is 0 Å². The van der Waals surface area contributed by atoms with E-state index >= 15 is 0 Å². The highest BCUT2D eigenvalue weighted by atomic mass is 16.2. The normalized spacial score (nSPS) is 20.9. The maximum atomic E-state index is 12.9. The molecule has 0 radical (unpaired) electrons. The minimum atomic E-state index is -0.138. The number of likely N-dealkylation sites (N-methyl/N-ethyl adjacent to an activating group) is 1. The fraction of sp³-hybridized carbons (Fsp3) is 0.474. The highest BCUT2D eigenvalue weighted by molar-refractivity contribution is 6.04. The minimum absolute atomic E-state index is 0.138. The highest BCUT2D eigenvalue weighted by Gasteiger charge is 2.41. The lowest BCUT2D eigenvalue weighted by molar-refractivity contribution is -0.120. The second-order valence-electron chi connectivity index (χ2n) is 6.81. The van der Waals surface area contributed by atoms with Crippen molar-refractivity contribution < 1.29 is 4.79 Å². The number of carbonyl (C=O) groups is 1. The average Bonchev–Trinajstić information content (AvgIpc) is 3.19. The average molecular weight is 337 g/mol. The zero-order valence-electron chi connectivity index (χ0n) is 14.7. The number of amides is 1. The molecule has 25 heavy (non-hydrogen) atoms. The number of aromatic nitrogens is 3. The summed E-state index contributed by atoms with van der Waals surface area (Å²) in [7, 11) is 1.82. The summed E-state index contributed by atoms with van der Waals surface area (Å²) in [5, 5.41) is 0. The van der Waals surface area contributed by atoms with Crippen LogP contribution >= 0.6 is 0 Å². The van der Waals surface area contributed by atoms with Crippen LogP contribution in [0.3, 0.4) is 0 Å². The van der Waals surface area contributed by atoms with Gasteiger partial charge >= 0.3 is 0 Å². The number of anilines is 2. The predicted octanol–water partition coefficient (Wildman–Crippen LogP) is 3.04. The van der Waals surface area contributed by atoms with E-state index in [0.717, 1.165) is 36.3 Å². The molecule has 130 valence electrons. The van der Waals surface area contributed by atoms with Crippen LogP contribution in [-0.2, 0) is 4.79 Å². The lowest BCUT2D eigenvalue weighted by atomic mass is 10.0. The second kappa shape index (κ2) is 6.43. The van der Waals surface area contributed by atoms with Crippen molar-refractivity contribution in [1.29, 1.82) is 0 Å². The molecule has 1 atom stereocenters. The first kappa shape index (κ1) is 16.0. The van der Waals surface area contributed by atoms with E-state index in [9.17, 15) is 4.79 Å². The molecule has 0 spiro atoms. The largest absolute Gasteiger partial charge is 0.340 e. The number of nitrogens with zero attached hydrogens (tertiary/aromatic N) is 5. The molecule has 1 fully saturated rings. The third kappa shape index (κ3) is 2.65. The van der Waals surface area contributed by atoms with E-state index in [0.29, 0.717) is 11.9 Å². The standard InChI is InChI=1S/C19H23N5O/c1-3-15-19(25)23(2)16-12-21-17(13-8-10-20-11-9-13)22-18(16)24(15)14-6-4-5-7-14/h8-12,14-15H,3-7H2,1-2H3. The smallest absolute Gasteiger partial charge is 0.249 e. The minimum Gasteiger partial charge on any atom is -0.340 e. The van der Waals surface area contributed by atoms with Crippen LogP contribution in [0.4, 0.5) is 11.5 Å². The quantitative estimate of drug-likeness (QED) is 0.861. The Kier molecular flexibility index (Phi) is 4.11. The third-order valence-electron chi connectivity index (χ3n) is 5.35. The number of hydrogen-bond donors (Lipinski definition) is 0. The number of rotatable bonds is 3. The van der Waals surface area contributed by atoms with Gasteiger partial charge in [-0.25, -0.2) is 9.97 Å². The lowest BCUT2D eigenvalue weighted by Crippen LogP contribution is -2.55. The van der Waals surface area contributed by atoms with Crippen LogP contribution in [0.15, 0.2) is 30.7 Å². The maximum Gasteiger partial charge on any atom is 0.249 e. The fourth-order valence-electron chi connectivity index (χ4n) is 4.02. The third-order valence-corrected chi connectivity index (χ3v) is 5.35. The van der Waals surface area contributed by atoms with Crippen LogP contribution in [0, 0.1) is 0 Å². The first-order chi connectivity index (χ1) is 12.2. The molecule has 2 aliphatic rings. The van der Waals surface area contributed by atoms with Gasteiger partial charge in [-0.3, -0.25) is 9.78 Å². The van der Waals surface area contributed by atoms with Crippen LogP contribution in [0.25, 0.3) is 11.4 Å². The molecule has 1 unspecified atom stereocenters. The maximum absolute atomic E-state index is 12.9. The van der Waals surface area contributed by atoms with E-state index in [1.54, 1.807) is 23.5 Å². The zero-order valence-corrected chi connectivity index (χ0v) is 14.7.